The van der Waals surface area contributed by atoms with Crippen molar-refractivity contribution in [1.29, 1.82) is 0 Å². The molecule has 2 heteroatoms. The van der Waals surface area contributed by atoms with Crippen molar-refractivity contribution in [2.24, 2.45) is 0 Å². The Labute approximate surface area is 139 Å². The SMILES string of the molecule is CNC(c1cccc(C)c1I)c1cccc2ccccc12. The molecule has 0 aromatic heterocycles. The van der Waals surface area contributed by atoms with Gasteiger partial charge >= 0.3 is 0 Å². The van der Waals surface area contributed by atoms with Crippen LogP contribution in [0.3, 0.4) is 0 Å². The van der Waals surface area contributed by atoms with Crippen molar-refractivity contribution >= 4 is 33.4 Å². The zero-order valence-electron chi connectivity index (χ0n) is 12.2. The van der Waals surface area contributed by atoms with Crippen LogP contribution in [0.5, 0.6) is 0 Å². The van der Waals surface area contributed by atoms with Crippen molar-refractivity contribution in [2.45, 2.75) is 13.0 Å². The third-order valence-corrected chi connectivity index (χ3v) is 5.43. The summed E-state index contributed by atoms with van der Waals surface area (Å²) in [6.45, 7) is 2.17. The standard InChI is InChI=1S/C19H18IN/c1-13-7-5-12-17(18(13)20)19(21-2)16-11-6-9-14-8-3-4-10-15(14)16/h3-12,19,21H,1-2H3. The minimum absolute atomic E-state index is 0.211. The Morgan fingerprint density at radius 1 is 0.857 bits per heavy atom. The number of fused-ring (bicyclic) bond motifs is 1. The lowest BCUT2D eigenvalue weighted by Crippen LogP contribution is -2.19. The van der Waals surface area contributed by atoms with Gasteiger partial charge in [-0.2, -0.15) is 0 Å². The molecular formula is C19H18IN. The molecule has 3 aromatic rings. The van der Waals surface area contributed by atoms with Gasteiger partial charge in [0.1, 0.15) is 0 Å². The van der Waals surface area contributed by atoms with Crippen molar-refractivity contribution in [3.8, 4) is 0 Å². The predicted molar refractivity (Wildman–Crippen MR) is 98.7 cm³/mol. The van der Waals surface area contributed by atoms with Gasteiger partial charge in [0.2, 0.25) is 0 Å². The second kappa shape index (κ2) is 6.16. The largest absolute Gasteiger partial charge is 0.309 e. The molecule has 0 heterocycles. The van der Waals surface area contributed by atoms with Gasteiger partial charge in [-0.3, -0.25) is 0 Å². The van der Waals surface area contributed by atoms with Crippen molar-refractivity contribution in [3.63, 3.8) is 0 Å². The van der Waals surface area contributed by atoms with Crippen LogP contribution >= 0.6 is 22.6 Å². The topological polar surface area (TPSA) is 12.0 Å². The van der Waals surface area contributed by atoms with Crippen molar-refractivity contribution in [2.75, 3.05) is 7.05 Å². The molecule has 1 nitrogen and oxygen atoms in total. The summed E-state index contributed by atoms with van der Waals surface area (Å²) in [5, 5.41) is 6.10. The van der Waals surface area contributed by atoms with Gasteiger partial charge < -0.3 is 5.32 Å². The first-order valence-electron chi connectivity index (χ1n) is 7.12. The lowest BCUT2D eigenvalue weighted by molar-refractivity contribution is 0.693. The Morgan fingerprint density at radius 3 is 2.33 bits per heavy atom. The van der Waals surface area contributed by atoms with Crippen LogP contribution in [0.4, 0.5) is 0 Å². The molecule has 3 rings (SSSR count). The summed E-state index contributed by atoms with van der Waals surface area (Å²) < 4.78 is 1.34. The fraction of sp³-hybridized carbons (Fsp3) is 0.158. The van der Waals surface area contributed by atoms with Crippen LogP contribution in [0.15, 0.2) is 60.7 Å². The van der Waals surface area contributed by atoms with E-state index in [2.05, 4.69) is 95.5 Å². The summed E-state index contributed by atoms with van der Waals surface area (Å²) in [7, 11) is 2.03. The van der Waals surface area contributed by atoms with Crippen LogP contribution in [0.1, 0.15) is 22.7 Å². The van der Waals surface area contributed by atoms with Gasteiger partial charge in [-0.25, -0.2) is 0 Å². The molecule has 106 valence electrons. The first-order valence-corrected chi connectivity index (χ1v) is 8.20. The van der Waals surface area contributed by atoms with E-state index in [0.29, 0.717) is 0 Å². The lowest BCUT2D eigenvalue weighted by Gasteiger charge is -2.21. The Bertz CT molecular complexity index is 774. The van der Waals surface area contributed by atoms with E-state index >= 15 is 0 Å². The fourth-order valence-corrected chi connectivity index (χ4v) is 3.54. The lowest BCUT2D eigenvalue weighted by atomic mass is 9.93. The third-order valence-electron chi connectivity index (χ3n) is 3.96. The van der Waals surface area contributed by atoms with Gasteiger partial charge in [0.15, 0.2) is 0 Å². The minimum Gasteiger partial charge on any atom is -0.309 e. The molecular weight excluding hydrogens is 369 g/mol. The minimum atomic E-state index is 0.211. The van der Waals surface area contributed by atoms with Gasteiger partial charge in [0, 0.05) is 3.57 Å². The third kappa shape index (κ3) is 2.70. The van der Waals surface area contributed by atoms with E-state index in [9.17, 15) is 0 Å². The van der Waals surface area contributed by atoms with Gasteiger partial charge in [-0.05, 0) is 64.0 Å². The molecule has 0 radical (unpaired) electrons. The number of rotatable bonds is 3. The molecule has 0 aliphatic carbocycles. The molecule has 0 fully saturated rings. The second-order valence-corrected chi connectivity index (χ2v) is 6.35. The number of hydrogen-bond acceptors (Lipinski definition) is 1. The highest BCUT2D eigenvalue weighted by Gasteiger charge is 2.17. The molecule has 0 aliphatic heterocycles. The maximum atomic E-state index is 3.49. The average Bonchev–Trinajstić information content (AvgIpc) is 2.52. The highest BCUT2D eigenvalue weighted by Crippen LogP contribution is 2.32. The first kappa shape index (κ1) is 14.5. The fourth-order valence-electron chi connectivity index (χ4n) is 2.87. The van der Waals surface area contributed by atoms with Gasteiger partial charge in [0.05, 0.1) is 6.04 Å². The molecule has 1 N–H and O–H groups in total. The van der Waals surface area contributed by atoms with E-state index in [1.54, 1.807) is 0 Å². The molecule has 0 bridgehead atoms. The maximum Gasteiger partial charge on any atom is 0.0590 e. The molecule has 21 heavy (non-hydrogen) atoms. The van der Waals surface area contributed by atoms with E-state index in [4.69, 9.17) is 0 Å². The summed E-state index contributed by atoms with van der Waals surface area (Å²) in [5.41, 5.74) is 4.00. The maximum absolute atomic E-state index is 3.49. The first-order chi connectivity index (χ1) is 10.2. The Hall–Kier alpha value is -1.39. The molecule has 0 saturated heterocycles. The molecule has 0 amide bonds. The quantitative estimate of drug-likeness (QED) is 0.620. The molecule has 1 atom stereocenters. The van der Waals surface area contributed by atoms with Crippen LogP contribution in [-0.2, 0) is 0 Å². The zero-order valence-corrected chi connectivity index (χ0v) is 14.4. The second-order valence-electron chi connectivity index (χ2n) is 5.27. The van der Waals surface area contributed by atoms with Gasteiger partial charge in [-0.15, -0.1) is 0 Å². The van der Waals surface area contributed by atoms with Crippen molar-refractivity contribution in [3.05, 3.63) is 80.9 Å². The molecule has 1 unspecified atom stereocenters. The van der Waals surface area contributed by atoms with E-state index in [1.165, 1.54) is 31.0 Å². The average molecular weight is 387 g/mol. The Kier molecular flexibility index (Phi) is 4.27. The van der Waals surface area contributed by atoms with E-state index in [0.717, 1.165) is 0 Å². The van der Waals surface area contributed by atoms with E-state index < -0.39 is 0 Å². The van der Waals surface area contributed by atoms with Crippen LogP contribution in [0.2, 0.25) is 0 Å². The zero-order chi connectivity index (χ0) is 14.8. The van der Waals surface area contributed by atoms with Crippen LogP contribution in [0.25, 0.3) is 10.8 Å². The van der Waals surface area contributed by atoms with Crippen LogP contribution in [-0.4, -0.2) is 7.05 Å². The smallest absolute Gasteiger partial charge is 0.0590 e. The number of benzene rings is 3. The molecule has 0 spiro atoms. The summed E-state index contributed by atoms with van der Waals surface area (Å²) >= 11 is 2.45. The Balaban J connectivity index is 2.21. The summed E-state index contributed by atoms with van der Waals surface area (Å²) in [6, 6.07) is 21.9. The monoisotopic (exact) mass is 387 g/mol. The Morgan fingerprint density at radius 2 is 1.52 bits per heavy atom. The number of hydrogen-bond donors (Lipinski definition) is 1. The van der Waals surface area contributed by atoms with Crippen LogP contribution < -0.4 is 5.32 Å². The molecule has 0 saturated carbocycles. The molecule has 3 aromatic carbocycles. The highest BCUT2D eigenvalue weighted by atomic mass is 127. The van der Waals surface area contributed by atoms with Crippen molar-refractivity contribution in [1.82, 2.24) is 5.32 Å². The number of nitrogens with one attached hydrogen (secondary N) is 1. The molecule has 0 aliphatic rings. The summed E-state index contributed by atoms with van der Waals surface area (Å²) in [6.07, 6.45) is 0. The van der Waals surface area contributed by atoms with Crippen LogP contribution in [0, 0.1) is 10.5 Å². The van der Waals surface area contributed by atoms with Gasteiger partial charge in [0.25, 0.3) is 0 Å². The van der Waals surface area contributed by atoms with Gasteiger partial charge in [-0.1, -0.05) is 60.7 Å². The van der Waals surface area contributed by atoms with Crippen molar-refractivity contribution < 1.29 is 0 Å². The van der Waals surface area contributed by atoms with E-state index in [-0.39, 0.29) is 6.04 Å². The number of halogens is 1. The highest BCUT2D eigenvalue weighted by molar-refractivity contribution is 14.1. The summed E-state index contributed by atoms with van der Waals surface area (Å²) in [4.78, 5) is 0. The summed E-state index contributed by atoms with van der Waals surface area (Å²) in [5.74, 6) is 0. The normalized spacial score (nSPS) is 12.5. The predicted octanol–water partition coefficient (Wildman–Crippen LogP) is 5.06. The number of aryl methyl sites for hydroxylation is 1. The van der Waals surface area contributed by atoms with E-state index in [1.807, 2.05) is 7.05 Å².